The van der Waals surface area contributed by atoms with Crippen LogP contribution in [0.25, 0.3) is 0 Å². The molecule has 0 unspecified atom stereocenters. The van der Waals surface area contributed by atoms with Gasteiger partial charge in [-0.2, -0.15) is 0 Å². The molecule has 1 aromatic rings. The van der Waals surface area contributed by atoms with Gasteiger partial charge in [-0.05, 0) is 38.1 Å². The third-order valence-corrected chi connectivity index (χ3v) is 3.10. The van der Waals surface area contributed by atoms with Gasteiger partial charge in [0.15, 0.2) is 0 Å². The second-order valence-corrected chi connectivity index (χ2v) is 4.13. The van der Waals surface area contributed by atoms with Crippen LogP contribution in [-0.4, -0.2) is 42.0 Å². The molecule has 0 bridgehead atoms. The van der Waals surface area contributed by atoms with E-state index in [-0.39, 0.29) is 5.91 Å². The van der Waals surface area contributed by atoms with Gasteiger partial charge in [0.05, 0.1) is 0 Å². The summed E-state index contributed by atoms with van der Waals surface area (Å²) in [5.74, 6) is 0.0919. The highest BCUT2D eigenvalue weighted by Crippen LogP contribution is 2.13. The zero-order chi connectivity index (χ0) is 11.4. The summed E-state index contributed by atoms with van der Waals surface area (Å²) in [7, 11) is 1.89. The quantitative estimate of drug-likeness (QED) is 0.804. The highest BCUT2D eigenvalue weighted by molar-refractivity contribution is 5.94. The molecule has 1 aromatic heterocycles. The molecule has 2 heterocycles. The summed E-state index contributed by atoms with van der Waals surface area (Å²) >= 11 is 0. The zero-order valence-corrected chi connectivity index (χ0v) is 9.52. The summed E-state index contributed by atoms with van der Waals surface area (Å²) in [6.07, 6.45) is 5.38. The summed E-state index contributed by atoms with van der Waals surface area (Å²) in [6.45, 7) is 2.00. The summed E-state index contributed by atoms with van der Waals surface area (Å²) < 4.78 is 0. The Bertz CT molecular complexity index is 347. The number of nitrogens with zero attached hydrogens (tertiary/aromatic N) is 2. The van der Waals surface area contributed by atoms with Crippen molar-refractivity contribution in [2.24, 2.45) is 0 Å². The molecule has 0 spiro atoms. The highest BCUT2D eigenvalue weighted by atomic mass is 16.2. The Morgan fingerprint density at radius 1 is 1.38 bits per heavy atom. The molecule has 1 fully saturated rings. The molecule has 1 saturated heterocycles. The van der Waals surface area contributed by atoms with Crippen molar-refractivity contribution in [3.8, 4) is 0 Å². The smallest absolute Gasteiger partial charge is 0.253 e. The van der Waals surface area contributed by atoms with Crippen molar-refractivity contribution in [1.29, 1.82) is 0 Å². The van der Waals surface area contributed by atoms with E-state index in [0.29, 0.717) is 6.04 Å². The molecule has 2 rings (SSSR count). The van der Waals surface area contributed by atoms with E-state index in [1.807, 2.05) is 11.9 Å². The summed E-state index contributed by atoms with van der Waals surface area (Å²) in [5.41, 5.74) is 0.719. The molecule has 16 heavy (non-hydrogen) atoms. The molecule has 4 nitrogen and oxygen atoms in total. The minimum absolute atomic E-state index is 0.0919. The van der Waals surface area contributed by atoms with Crippen molar-refractivity contribution in [2.75, 3.05) is 20.1 Å². The fraction of sp³-hybridized carbons (Fsp3) is 0.500. The van der Waals surface area contributed by atoms with E-state index < -0.39 is 0 Å². The lowest BCUT2D eigenvalue weighted by Gasteiger charge is -2.31. The molecule has 0 aliphatic carbocycles. The van der Waals surface area contributed by atoms with E-state index in [4.69, 9.17) is 0 Å². The van der Waals surface area contributed by atoms with Gasteiger partial charge < -0.3 is 10.2 Å². The van der Waals surface area contributed by atoms with E-state index in [9.17, 15) is 4.79 Å². The molecule has 86 valence electrons. The molecule has 4 heteroatoms. The molecular weight excluding hydrogens is 202 g/mol. The van der Waals surface area contributed by atoms with E-state index in [2.05, 4.69) is 10.3 Å². The van der Waals surface area contributed by atoms with Gasteiger partial charge in [-0.3, -0.25) is 9.78 Å². The predicted molar refractivity (Wildman–Crippen MR) is 62.2 cm³/mol. The van der Waals surface area contributed by atoms with Crippen LogP contribution in [-0.2, 0) is 0 Å². The van der Waals surface area contributed by atoms with Gasteiger partial charge in [0.25, 0.3) is 5.91 Å². The average Bonchev–Trinajstić information content (AvgIpc) is 2.39. The number of hydrogen-bond donors (Lipinski definition) is 1. The molecule has 1 N–H and O–H groups in total. The third-order valence-electron chi connectivity index (χ3n) is 3.10. The molecule has 1 amide bonds. The van der Waals surface area contributed by atoms with Crippen LogP contribution >= 0.6 is 0 Å². The van der Waals surface area contributed by atoms with Crippen molar-refractivity contribution in [3.05, 3.63) is 30.1 Å². The van der Waals surface area contributed by atoms with Crippen LogP contribution in [0.5, 0.6) is 0 Å². The molecule has 1 aliphatic heterocycles. The standard InChI is InChI=1S/C12H17N3O/c1-15(11-4-8-14-9-5-11)12(16)10-2-6-13-7-3-10/h2-3,6-7,11,14H,4-5,8-9H2,1H3. The first-order valence-electron chi connectivity index (χ1n) is 5.67. The van der Waals surface area contributed by atoms with Gasteiger partial charge in [-0.25, -0.2) is 0 Å². The SMILES string of the molecule is CN(C(=O)c1ccncc1)C1CCNCC1. The minimum atomic E-state index is 0.0919. The lowest BCUT2D eigenvalue weighted by atomic mass is 10.0. The number of piperidine rings is 1. The second-order valence-electron chi connectivity index (χ2n) is 4.13. The van der Waals surface area contributed by atoms with Crippen molar-refractivity contribution in [2.45, 2.75) is 18.9 Å². The van der Waals surface area contributed by atoms with E-state index >= 15 is 0 Å². The number of nitrogens with one attached hydrogen (secondary N) is 1. The maximum absolute atomic E-state index is 12.1. The first kappa shape index (κ1) is 11.1. The van der Waals surface area contributed by atoms with Crippen LogP contribution in [0.1, 0.15) is 23.2 Å². The second kappa shape index (κ2) is 5.07. The van der Waals surface area contributed by atoms with Crippen LogP contribution in [0.15, 0.2) is 24.5 Å². The number of carbonyl (C=O) groups is 1. The monoisotopic (exact) mass is 219 g/mol. The lowest BCUT2D eigenvalue weighted by Crippen LogP contribution is -2.43. The fourth-order valence-corrected chi connectivity index (χ4v) is 2.06. The number of hydrogen-bond acceptors (Lipinski definition) is 3. The van der Waals surface area contributed by atoms with Crippen molar-refractivity contribution >= 4 is 5.91 Å². The summed E-state index contributed by atoms with van der Waals surface area (Å²) in [4.78, 5) is 17.9. The van der Waals surface area contributed by atoms with Crippen LogP contribution in [0, 0.1) is 0 Å². The molecule has 1 aliphatic rings. The van der Waals surface area contributed by atoms with E-state index in [0.717, 1.165) is 31.5 Å². The Balaban J connectivity index is 2.04. The minimum Gasteiger partial charge on any atom is -0.339 e. The molecule has 0 atom stereocenters. The normalized spacial score (nSPS) is 17.1. The van der Waals surface area contributed by atoms with Crippen LogP contribution < -0.4 is 5.32 Å². The number of rotatable bonds is 2. The number of pyridine rings is 1. The number of carbonyl (C=O) groups excluding carboxylic acids is 1. The highest BCUT2D eigenvalue weighted by Gasteiger charge is 2.22. The lowest BCUT2D eigenvalue weighted by molar-refractivity contribution is 0.0703. The van der Waals surface area contributed by atoms with Crippen molar-refractivity contribution in [3.63, 3.8) is 0 Å². The Morgan fingerprint density at radius 3 is 2.62 bits per heavy atom. The fourth-order valence-electron chi connectivity index (χ4n) is 2.06. The Morgan fingerprint density at radius 2 is 2.00 bits per heavy atom. The topological polar surface area (TPSA) is 45.2 Å². The van der Waals surface area contributed by atoms with Crippen molar-refractivity contribution < 1.29 is 4.79 Å². The van der Waals surface area contributed by atoms with Gasteiger partial charge in [0.1, 0.15) is 0 Å². The third kappa shape index (κ3) is 2.39. The van der Waals surface area contributed by atoms with Gasteiger partial charge in [0, 0.05) is 31.0 Å². The van der Waals surface area contributed by atoms with Gasteiger partial charge in [-0.15, -0.1) is 0 Å². The zero-order valence-electron chi connectivity index (χ0n) is 9.52. The Kier molecular flexibility index (Phi) is 3.51. The summed E-state index contributed by atoms with van der Waals surface area (Å²) in [6, 6.07) is 3.89. The first-order valence-corrected chi connectivity index (χ1v) is 5.67. The molecular formula is C12H17N3O. The van der Waals surface area contributed by atoms with Gasteiger partial charge in [0.2, 0.25) is 0 Å². The molecule has 0 saturated carbocycles. The predicted octanol–water partition coefficient (Wildman–Crippen LogP) is 0.906. The number of amides is 1. The first-order chi connectivity index (χ1) is 7.79. The van der Waals surface area contributed by atoms with E-state index in [1.165, 1.54) is 0 Å². The average molecular weight is 219 g/mol. The van der Waals surface area contributed by atoms with Crippen LogP contribution in [0.4, 0.5) is 0 Å². The number of aromatic nitrogens is 1. The Hall–Kier alpha value is -1.42. The molecule has 0 radical (unpaired) electrons. The maximum atomic E-state index is 12.1. The van der Waals surface area contributed by atoms with Gasteiger partial charge >= 0.3 is 0 Å². The largest absolute Gasteiger partial charge is 0.339 e. The van der Waals surface area contributed by atoms with E-state index in [1.54, 1.807) is 24.5 Å². The van der Waals surface area contributed by atoms with Crippen LogP contribution in [0.3, 0.4) is 0 Å². The Labute approximate surface area is 95.7 Å². The summed E-state index contributed by atoms with van der Waals surface area (Å²) in [5, 5.41) is 3.30. The van der Waals surface area contributed by atoms with Crippen LogP contribution in [0.2, 0.25) is 0 Å². The van der Waals surface area contributed by atoms with Crippen molar-refractivity contribution in [1.82, 2.24) is 15.2 Å². The van der Waals surface area contributed by atoms with Gasteiger partial charge in [-0.1, -0.05) is 0 Å². The molecule has 0 aromatic carbocycles. The maximum Gasteiger partial charge on any atom is 0.253 e.